The van der Waals surface area contributed by atoms with Gasteiger partial charge in [0.2, 0.25) is 0 Å². The van der Waals surface area contributed by atoms with Crippen molar-refractivity contribution < 1.29 is 38.9 Å². The van der Waals surface area contributed by atoms with E-state index in [0.717, 1.165) is 11.3 Å². The molecule has 0 bridgehead atoms. The van der Waals surface area contributed by atoms with E-state index >= 15 is 0 Å². The summed E-state index contributed by atoms with van der Waals surface area (Å²) in [6.45, 7) is 3.50. The number of rotatable bonds is 0. The molecule has 0 aliphatic carbocycles. The molecule has 1 atom stereocenters. The summed E-state index contributed by atoms with van der Waals surface area (Å²) in [7, 11) is 1.77. The molecule has 1 heterocycles. The van der Waals surface area contributed by atoms with Crippen molar-refractivity contribution in [2.24, 2.45) is 0 Å². The van der Waals surface area contributed by atoms with E-state index in [2.05, 4.69) is 6.07 Å². The molecule has 0 fully saturated rings. The minimum Gasteiger partial charge on any atom is -0.417 e. The summed E-state index contributed by atoms with van der Waals surface area (Å²) in [5.74, 6) is -0.124. The summed E-state index contributed by atoms with van der Waals surface area (Å²) in [5.41, 5.74) is 2.38. The number of Topliss-reactive ketones (excluding diaryl/α,β-unsaturated/α-hetero) is 1. The van der Waals surface area contributed by atoms with Gasteiger partial charge in [0.15, 0.2) is 5.78 Å². The Morgan fingerprint density at radius 1 is 1.57 bits per heavy atom. The third kappa shape index (κ3) is 1.55. The number of aryl methyl sites for hydroxylation is 1. The van der Waals surface area contributed by atoms with Crippen molar-refractivity contribution in [3.63, 3.8) is 0 Å². The van der Waals surface area contributed by atoms with Crippen molar-refractivity contribution >= 4 is 11.5 Å². The normalized spacial score (nSPS) is 25.5. The number of fused-ring (bicyclic) bond motifs is 1. The molecule has 1 radical (unpaired) electrons. The molecule has 1 aromatic rings. The molecule has 0 amide bonds. The Morgan fingerprint density at radius 2 is 2.21 bits per heavy atom. The number of benzene rings is 1. The van der Waals surface area contributed by atoms with E-state index in [9.17, 15) is 4.79 Å². The van der Waals surface area contributed by atoms with Gasteiger partial charge in [0.25, 0.3) is 0 Å². The number of hydrogen-bond acceptors (Lipinski definition) is 2. The fraction of sp³-hybridized carbons (Fsp3) is 0.364. The summed E-state index contributed by atoms with van der Waals surface area (Å²) in [5, 5.41) is 0. The molecule has 2 rings (SSSR count). The molecule has 3 heteroatoms. The second-order valence-electron chi connectivity index (χ2n) is 3.37. The van der Waals surface area contributed by atoms with Gasteiger partial charge < -0.3 is 4.90 Å². The molecular formula is C11H12NOY-. The second kappa shape index (κ2) is 4.12. The van der Waals surface area contributed by atoms with Crippen LogP contribution >= 0.6 is 0 Å². The third-order valence-corrected chi connectivity index (χ3v) is 2.59. The fourth-order valence-electron chi connectivity index (χ4n) is 1.67. The SMILES string of the molecule is [3H]C1(C)C(=O)c2c(C)c[c-]cc2N1C.[Y]. The molecule has 1 unspecified atom stereocenters. The van der Waals surface area contributed by atoms with Crippen LogP contribution < -0.4 is 4.90 Å². The van der Waals surface area contributed by atoms with E-state index in [0.29, 0.717) is 5.56 Å². The Morgan fingerprint density at radius 3 is 2.79 bits per heavy atom. The van der Waals surface area contributed by atoms with Crippen molar-refractivity contribution in [1.82, 2.24) is 0 Å². The van der Waals surface area contributed by atoms with E-state index in [1.807, 2.05) is 6.92 Å². The van der Waals surface area contributed by atoms with Crippen molar-refractivity contribution in [1.29, 1.82) is 0 Å². The van der Waals surface area contributed by atoms with Crippen LogP contribution in [0.3, 0.4) is 0 Å². The Bertz CT molecular complexity index is 417. The topological polar surface area (TPSA) is 20.3 Å². The summed E-state index contributed by atoms with van der Waals surface area (Å²) in [4.78, 5) is 13.6. The molecule has 71 valence electrons. The van der Waals surface area contributed by atoms with Crippen LogP contribution in [0.2, 0.25) is 0 Å². The van der Waals surface area contributed by atoms with Crippen LogP contribution in [0.1, 0.15) is 24.2 Å². The first kappa shape index (κ1) is 10.3. The average Bonchev–Trinajstić information content (AvgIpc) is 2.30. The van der Waals surface area contributed by atoms with Gasteiger partial charge in [0.05, 0.1) is 7.39 Å². The molecule has 14 heavy (non-hydrogen) atoms. The molecule has 1 aliphatic heterocycles. The Kier molecular flexibility index (Phi) is 3.03. The largest absolute Gasteiger partial charge is 0.417 e. The summed E-state index contributed by atoms with van der Waals surface area (Å²) < 4.78 is 7.94. The first-order valence-corrected chi connectivity index (χ1v) is 4.25. The van der Waals surface area contributed by atoms with Crippen LogP contribution in [0.4, 0.5) is 5.69 Å². The van der Waals surface area contributed by atoms with Gasteiger partial charge in [-0.05, 0) is 14.0 Å². The standard InChI is InChI=1S/C11H12NO.Y/c1-7-5-4-6-9-10(7)11(13)8(2)12(9)3;/h5-6,8H,1-3H3;/q-1;/i8T;. The van der Waals surface area contributed by atoms with Crippen molar-refractivity contribution in [3.8, 4) is 0 Å². The maximum Gasteiger partial charge on any atom is 0.162 e. The van der Waals surface area contributed by atoms with Gasteiger partial charge in [-0.25, -0.2) is 0 Å². The molecule has 0 saturated carbocycles. The summed E-state index contributed by atoms with van der Waals surface area (Å²) in [6, 6.07) is 5.36. The molecule has 0 spiro atoms. The third-order valence-electron chi connectivity index (χ3n) is 2.59. The minimum absolute atomic E-state index is 0. The molecule has 0 saturated heterocycles. The van der Waals surface area contributed by atoms with Crippen LogP contribution in [0.15, 0.2) is 12.1 Å². The predicted octanol–water partition coefficient (Wildman–Crippen LogP) is 1.81. The van der Waals surface area contributed by atoms with E-state index in [4.69, 9.17) is 1.37 Å². The summed E-state index contributed by atoms with van der Waals surface area (Å²) >= 11 is 0. The number of carbonyl (C=O) groups is 1. The second-order valence-corrected chi connectivity index (χ2v) is 3.37. The van der Waals surface area contributed by atoms with Gasteiger partial charge in [-0.15, -0.1) is 5.56 Å². The molecular weight excluding hydrogens is 251 g/mol. The van der Waals surface area contributed by atoms with Crippen LogP contribution in [0.5, 0.6) is 0 Å². The van der Waals surface area contributed by atoms with Crippen LogP contribution in [0.25, 0.3) is 0 Å². The quantitative estimate of drug-likeness (QED) is 0.667. The van der Waals surface area contributed by atoms with Gasteiger partial charge in [-0.2, -0.15) is 18.2 Å². The smallest absolute Gasteiger partial charge is 0.162 e. The zero-order valence-electron chi connectivity index (χ0n) is 9.59. The molecule has 2 nitrogen and oxygen atoms in total. The van der Waals surface area contributed by atoms with Gasteiger partial charge >= 0.3 is 0 Å². The first-order chi connectivity index (χ1) is 6.46. The van der Waals surface area contributed by atoms with Crippen molar-refractivity contribution in [3.05, 3.63) is 29.3 Å². The predicted molar refractivity (Wildman–Crippen MR) is 52.2 cm³/mol. The monoisotopic (exact) mass is 265 g/mol. The Balaban J connectivity index is 0.00000112. The minimum atomic E-state index is -1.16. The summed E-state index contributed by atoms with van der Waals surface area (Å²) in [6.07, 6.45) is 0. The Hall–Kier alpha value is -0.206. The molecule has 0 N–H and O–H groups in total. The van der Waals surface area contributed by atoms with Gasteiger partial charge in [-0.1, -0.05) is 18.2 Å². The number of anilines is 1. The molecule has 1 aromatic carbocycles. The zero-order chi connectivity index (χ0) is 10.5. The number of hydrogen-bond donors (Lipinski definition) is 0. The van der Waals surface area contributed by atoms with Crippen molar-refractivity contribution in [2.45, 2.75) is 19.9 Å². The maximum absolute atomic E-state index is 11.9. The van der Waals surface area contributed by atoms with E-state index < -0.39 is 6.02 Å². The number of carbonyl (C=O) groups excluding carboxylic acids is 1. The number of nitrogens with zero attached hydrogens (tertiary/aromatic N) is 1. The van der Waals surface area contributed by atoms with E-state index in [1.165, 1.54) is 0 Å². The molecule has 1 aliphatic rings. The number of ketones is 1. The van der Waals surface area contributed by atoms with Crippen LogP contribution in [-0.4, -0.2) is 18.8 Å². The van der Waals surface area contributed by atoms with Crippen molar-refractivity contribution in [2.75, 3.05) is 11.9 Å². The van der Waals surface area contributed by atoms with Gasteiger partial charge in [-0.3, -0.25) is 4.79 Å². The average molecular weight is 265 g/mol. The maximum atomic E-state index is 11.9. The molecule has 0 aromatic heterocycles. The fourth-order valence-corrected chi connectivity index (χ4v) is 1.67. The zero-order valence-corrected chi connectivity index (χ0v) is 11.4. The van der Waals surface area contributed by atoms with Crippen LogP contribution in [-0.2, 0) is 32.7 Å². The van der Waals surface area contributed by atoms with Gasteiger partial charge in [0, 0.05) is 32.7 Å². The number of likely N-dealkylation sites (N-methyl/N-ethyl adjacent to an activating group) is 1. The first-order valence-electron chi connectivity index (χ1n) is 4.75. The van der Waals surface area contributed by atoms with Gasteiger partial charge in [0.1, 0.15) is 0 Å². The van der Waals surface area contributed by atoms with E-state index in [-0.39, 0.29) is 38.5 Å². The van der Waals surface area contributed by atoms with Crippen LogP contribution in [0, 0.1) is 13.0 Å². The van der Waals surface area contributed by atoms with E-state index in [1.54, 1.807) is 31.0 Å². The Labute approximate surface area is 111 Å².